The van der Waals surface area contributed by atoms with E-state index < -0.39 is 0 Å². The predicted octanol–water partition coefficient (Wildman–Crippen LogP) is 3.43. The van der Waals surface area contributed by atoms with Crippen LogP contribution in [0.5, 0.6) is 0 Å². The molecule has 5 heteroatoms. The molecule has 0 radical (unpaired) electrons. The monoisotopic (exact) mass is 394 g/mol. The quantitative estimate of drug-likeness (QED) is 0.768. The van der Waals surface area contributed by atoms with Gasteiger partial charge in [-0.15, -0.1) is 12.4 Å². The second-order valence-electron chi connectivity index (χ2n) is 4.79. The molecular formula is C14H20ClIN2O. The number of amides is 1. The first-order valence-corrected chi connectivity index (χ1v) is 7.58. The van der Waals surface area contributed by atoms with Gasteiger partial charge in [-0.3, -0.25) is 4.79 Å². The minimum Gasteiger partial charge on any atom is -0.326 e. The number of benzene rings is 1. The number of rotatable bonds is 4. The number of carbonyl (C=O) groups excluding carboxylic acids is 1. The molecule has 2 N–H and O–H groups in total. The molecule has 3 nitrogen and oxygen atoms in total. The molecule has 0 spiro atoms. The average Bonchev–Trinajstić information content (AvgIpc) is 2.40. The fraction of sp³-hybridized carbons (Fsp3) is 0.500. The standard InChI is InChI=1S/C14H19IN2O.ClH/c15-12-2-4-13(5-3-12)17-14(18)6-1-11-7-9-16-10-8-11;/h2-5,11,16H,1,6-10H2,(H,17,18);1H. The Morgan fingerprint density at radius 3 is 2.53 bits per heavy atom. The van der Waals surface area contributed by atoms with Crippen LogP contribution in [-0.4, -0.2) is 19.0 Å². The molecule has 1 heterocycles. The van der Waals surface area contributed by atoms with E-state index in [1.165, 1.54) is 16.4 Å². The van der Waals surface area contributed by atoms with E-state index in [2.05, 4.69) is 33.2 Å². The van der Waals surface area contributed by atoms with Crippen LogP contribution in [0.4, 0.5) is 5.69 Å². The summed E-state index contributed by atoms with van der Waals surface area (Å²) >= 11 is 2.26. The Hall–Kier alpha value is -0.330. The molecule has 1 amide bonds. The van der Waals surface area contributed by atoms with E-state index >= 15 is 0 Å². The smallest absolute Gasteiger partial charge is 0.224 e. The molecule has 0 aliphatic carbocycles. The molecule has 1 fully saturated rings. The highest BCUT2D eigenvalue weighted by Gasteiger charge is 2.14. The lowest BCUT2D eigenvalue weighted by Gasteiger charge is -2.22. The van der Waals surface area contributed by atoms with Crippen molar-refractivity contribution in [3.63, 3.8) is 0 Å². The zero-order valence-corrected chi connectivity index (χ0v) is 13.8. The summed E-state index contributed by atoms with van der Waals surface area (Å²) in [4.78, 5) is 11.8. The Balaban J connectivity index is 0.00000180. The van der Waals surface area contributed by atoms with E-state index in [4.69, 9.17) is 0 Å². The number of carbonyl (C=O) groups is 1. The van der Waals surface area contributed by atoms with Gasteiger partial charge in [0.2, 0.25) is 5.91 Å². The lowest BCUT2D eigenvalue weighted by Crippen LogP contribution is -2.28. The highest BCUT2D eigenvalue weighted by molar-refractivity contribution is 14.1. The van der Waals surface area contributed by atoms with Crippen LogP contribution in [0.3, 0.4) is 0 Å². The first kappa shape index (κ1) is 16.7. The van der Waals surface area contributed by atoms with Crippen LogP contribution >= 0.6 is 35.0 Å². The van der Waals surface area contributed by atoms with Crippen molar-refractivity contribution in [2.75, 3.05) is 18.4 Å². The third kappa shape index (κ3) is 6.10. The molecule has 106 valence electrons. The summed E-state index contributed by atoms with van der Waals surface area (Å²) in [6.45, 7) is 2.20. The van der Waals surface area contributed by atoms with Crippen molar-refractivity contribution in [3.8, 4) is 0 Å². The lowest BCUT2D eigenvalue weighted by molar-refractivity contribution is -0.116. The number of nitrogens with one attached hydrogen (secondary N) is 2. The summed E-state index contributed by atoms with van der Waals surface area (Å²) in [5.74, 6) is 0.850. The third-order valence-electron chi connectivity index (χ3n) is 3.37. The van der Waals surface area contributed by atoms with Crippen molar-refractivity contribution in [1.82, 2.24) is 5.32 Å². The maximum Gasteiger partial charge on any atom is 0.224 e. The molecule has 19 heavy (non-hydrogen) atoms. The molecular weight excluding hydrogens is 375 g/mol. The predicted molar refractivity (Wildman–Crippen MR) is 89.9 cm³/mol. The minimum absolute atomic E-state index is 0. The molecule has 0 atom stereocenters. The number of anilines is 1. The second-order valence-corrected chi connectivity index (χ2v) is 6.03. The Labute approximate surface area is 134 Å². The molecule has 0 aromatic heterocycles. The van der Waals surface area contributed by atoms with Crippen molar-refractivity contribution >= 4 is 46.6 Å². The van der Waals surface area contributed by atoms with Gasteiger partial charge in [0.15, 0.2) is 0 Å². The zero-order valence-electron chi connectivity index (χ0n) is 10.8. The SMILES string of the molecule is Cl.O=C(CCC1CCNCC1)Nc1ccc(I)cc1. The van der Waals surface area contributed by atoms with Gasteiger partial charge in [-0.25, -0.2) is 0 Å². The van der Waals surface area contributed by atoms with E-state index in [1.807, 2.05) is 24.3 Å². The first-order valence-electron chi connectivity index (χ1n) is 6.50. The molecule has 0 unspecified atom stereocenters. The van der Waals surface area contributed by atoms with Gasteiger partial charge in [-0.2, -0.15) is 0 Å². The fourth-order valence-electron chi connectivity index (χ4n) is 2.26. The minimum atomic E-state index is 0. The van der Waals surface area contributed by atoms with Crippen molar-refractivity contribution in [3.05, 3.63) is 27.8 Å². The second kappa shape index (κ2) is 8.76. The summed E-state index contributed by atoms with van der Waals surface area (Å²) < 4.78 is 1.18. The summed E-state index contributed by atoms with van der Waals surface area (Å²) in [6, 6.07) is 7.90. The molecule has 1 aromatic carbocycles. The maximum atomic E-state index is 11.8. The van der Waals surface area contributed by atoms with Gasteiger partial charge in [-0.05, 0) is 85.1 Å². The maximum absolute atomic E-state index is 11.8. The summed E-state index contributed by atoms with van der Waals surface area (Å²) in [6.07, 6.45) is 4.06. The number of hydrogen-bond acceptors (Lipinski definition) is 2. The molecule has 0 bridgehead atoms. The van der Waals surface area contributed by atoms with E-state index in [0.717, 1.165) is 25.2 Å². The molecule has 2 rings (SSSR count). The summed E-state index contributed by atoms with van der Waals surface area (Å²) in [5, 5.41) is 6.30. The third-order valence-corrected chi connectivity index (χ3v) is 4.09. The van der Waals surface area contributed by atoms with E-state index in [1.54, 1.807) is 0 Å². The van der Waals surface area contributed by atoms with E-state index in [-0.39, 0.29) is 18.3 Å². The van der Waals surface area contributed by atoms with Gasteiger partial charge < -0.3 is 10.6 Å². The van der Waals surface area contributed by atoms with Gasteiger partial charge in [0, 0.05) is 15.7 Å². The van der Waals surface area contributed by atoms with Gasteiger partial charge in [0.1, 0.15) is 0 Å². The number of hydrogen-bond donors (Lipinski definition) is 2. The van der Waals surface area contributed by atoms with Gasteiger partial charge in [0.05, 0.1) is 0 Å². The van der Waals surface area contributed by atoms with E-state index in [0.29, 0.717) is 12.3 Å². The summed E-state index contributed by atoms with van der Waals surface area (Å²) in [5.41, 5.74) is 0.894. The average molecular weight is 395 g/mol. The Kier molecular flexibility index (Phi) is 7.71. The van der Waals surface area contributed by atoms with Gasteiger partial charge >= 0.3 is 0 Å². The lowest BCUT2D eigenvalue weighted by atomic mass is 9.93. The van der Waals surface area contributed by atoms with Crippen LogP contribution in [0.15, 0.2) is 24.3 Å². The molecule has 1 aliphatic rings. The molecule has 1 aliphatic heterocycles. The molecule has 1 aromatic rings. The number of halogens is 2. The van der Waals surface area contributed by atoms with E-state index in [9.17, 15) is 4.79 Å². The Bertz CT molecular complexity index is 391. The van der Waals surface area contributed by atoms with Crippen molar-refractivity contribution < 1.29 is 4.79 Å². The highest BCUT2D eigenvalue weighted by atomic mass is 127. The molecule has 0 saturated carbocycles. The zero-order chi connectivity index (χ0) is 12.8. The van der Waals surface area contributed by atoms with Crippen molar-refractivity contribution in [2.45, 2.75) is 25.7 Å². The normalized spacial score (nSPS) is 15.6. The fourth-order valence-corrected chi connectivity index (χ4v) is 2.62. The van der Waals surface area contributed by atoms with Crippen LogP contribution in [0.25, 0.3) is 0 Å². The highest BCUT2D eigenvalue weighted by Crippen LogP contribution is 2.18. The van der Waals surface area contributed by atoms with Gasteiger partial charge in [-0.1, -0.05) is 0 Å². The Morgan fingerprint density at radius 2 is 1.89 bits per heavy atom. The van der Waals surface area contributed by atoms with Crippen LogP contribution in [0, 0.1) is 9.49 Å². The number of piperidine rings is 1. The van der Waals surface area contributed by atoms with Crippen LogP contribution in [0.1, 0.15) is 25.7 Å². The van der Waals surface area contributed by atoms with Crippen LogP contribution in [0.2, 0.25) is 0 Å². The van der Waals surface area contributed by atoms with Crippen molar-refractivity contribution in [2.24, 2.45) is 5.92 Å². The molecule has 1 saturated heterocycles. The summed E-state index contributed by atoms with van der Waals surface area (Å²) in [7, 11) is 0. The largest absolute Gasteiger partial charge is 0.326 e. The van der Waals surface area contributed by atoms with Crippen LogP contribution < -0.4 is 10.6 Å². The Morgan fingerprint density at radius 1 is 1.26 bits per heavy atom. The van der Waals surface area contributed by atoms with Gasteiger partial charge in [0.25, 0.3) is 0 Å². The van der Waals surface area contributed by atoms with Crippen molar-refractivity contribution in [1.29, 1.82) is 0 Å². The first-order chi connectivity index (χ1) is 8.74. The van der Waals surface area contributed by atoms with Crippen LogP contribution in [-0.2, 0) is 4.79 Å². The topological polar surface area (TPSA) is 41.1 Å².